The zero-order valence-corrected chi connectivity index (χ0v) is 23.9. The molecule has 8 nitrogen and oxygen atoms in total. The predicted molar refractivity (Wildman–Crippen MR) is 155 cm³/mol. The van der Waals surface area contributed by atoms with Crippen molar-refractivity contribution in [2.75, 3.05) is 5.32 Å². The van der Waals surface area contributed by atoms with Gasteiger partial charge in [0.2, 0.25) is 9.84 Å². The highest BCUT2D eigenvalue weighted by Gasteiger charge is 2.30. The van der Waals surface area contributed by atoms with Gasteiger partial charge in [-0.25, -0.2) is 28.4 Å². The van der Waals surface area contributed by atoms with Gasteiger partial charge in [0.05, 0.1) is 4.90 Å². The van der Waals surface area contributed by atoms with Crippen molar-refractivity contribution in [2.24, 2.45) is 0 Å². The Morgan fingerprint density at radius 1 is 0.846 bits per heavy atom. The lowest BCUT2D eigenvalue weighted by Crippen LogP contribution is -2.11. The number of sulfone groups is 1. The molecule has 0 bridgehead atoms. The van der Waals surface area contributed by atoms with Crippen LogP contribution >= 0.6 is 23.2 Å². The van der Waals surface area contributed by atoms with Gasteiger partial charge < -0.3 is 9.88 Å². The minimum absolute atomic E-state index is 0.187. The SMILES string of the molecule is CCCCn1c(NCc2ccccc2)c(S(=O)(=O)c2ccc(C)cc2)c2nccnc21.Clc1nccnc1Cl. The van der Waals surface area contributed by atoms with E-state index in [1.165, 1.54) is 12.4 Å². The fraction of sp³-hybridized carbons (Fsp3) is 0.214. The smallest absolute Gasteiger partial charge is 0.212 e. The third kappa shape index (κ3) is 6.73. The van der Waals surface area contributed by atoms with E-state index in [4.69, 9.17) is 23.2 Å². The summed E-state index contributed by atoms with van der Waals surface area (Å²) >= 11 is 10.8. The second kappa shape index (κ2) is 13.0. The lowest BCUT2D eigenvalue weighted by atomic mass is 10.2. The van der Waals surface area contributed by atoms with Crippen molar-refractivity contribution in [3.8, 4) is 0 Å². The molecule has 0 spiro atoms. The largest absolute Gasteiger partial charge is 0.366 e. The van der Waals surface area contributed by atoms with Crippen LogP contribution in [0.4, 0.5) is 5.82 Å². The van der Waals surface area contributed by atoms with Gasteiger partial charge in [-0.2, -0.15) is 0 Å². The van der Waals surface area contributed by atoms with Crippen LogP contribution in [0.1, 0.15) is 30.9 Å². The Balaban J connectivity index is 0.000000379. The molecular weight excluding hydrogens is 555 g/mol. The van der Waals surface area contributed by atoms with E-state index in [0.29, 0.717) is 30.1 Å². The predicted octanol–water partition coefficient (Wildman–Crippen LogP) is 6.77. The van der Waals surface area contributed by atoms with Crippen molar-refractivity contribution < 1.29 is 8.42 Å². The van der Waals surface area contributed by atoms with Crippen molar-refractivity contribution in [2.45, 2.75) is 49.6 Å². The third-order valence-corrected chi connectivity index (χ3v) is 8.35. The summed E-state index contributed by atoms with van der Waals surface area (Å²) in [7, 11) is -3.81. The van der Waals surface area contributed by atoms with E-state index in [9.17, 15) is 8.42 Å². The summed E-state index contributed by atoms with van der Waals surface area (Å²) in [6.45, 7) is 5.20. The van der Waals surface area contributed by atoms with Gasteiger partial charge in [0, 0.05) is 37.9 Å². The molecule has 3 heterocycles. The Hall–Kier alpha value is -3.53. The lowest BCUT2D eigenvalue weighted by Gasteiger charge is -2.14. The van der Waals surface area contributed by atoms with Crippen LogP contribution in [0.2, 0.25) is 10.3 Å². The summed E-state index contributed by atoms with van der Waals surface area (Å²) in [6.07, 6.45) is 8.00. The van der Waals surface area contributed by atoms with Gasteiger partial charge in [0.15, 0.2) is 16.0 Å². The van der Waals surface area contributed by atoms with Crippen molar-refractivity contribution in [1.29, 1.82) is 0 Å². The molecule has 3 aromatic heterocycles. The molecule has 202 valence electrons. The average Bonchev–Trinajstić information content (AvgIpc) is 3.27. The maximum atomic E-state index is 13.8. The van der Waals surface area contributed by atoms with E-state index in [-0.39, 0.29) is 20.1 Å². The number of hydrogen-bond acceptors (Lipinski definition) is 7. The fourth-order valence-corrected chi connectivity index (χ4v) is 5.69. The van der Waals surface area contributed by atoms with Gasteiger partial charge in [-0.3, -0.25) is 0 Å². The van der Waals surface area contributed by atoms with Crippen LogP contribution in [0.3, 0.4) is 0 Å². The van der Waals surface area contributed by atoms with Gasteiger partial charge in [-0.15, -0.1) is 0 Å². The van der Waals surface area contributed by atoms with E-state index < -0.39 is 9.84 Å². The molecule has 5 aromatic rings. The Morgan fingerprint density at radius 2 is 1.46 bits per heavy atom. The number of nitrogens with zero attached hydrogens (tertiary/aromatic N) is 5. The minimum Gasteiger partial charge on any atom is -0.366 e. The van der Waals surface area contributed by atoms with Crippen LogP contribution in [0.15, 0.2) is 89.2 Å². The summed E-state index contributed by atoms with van der Waals surface area (Å²) in [5.41, 5.74) is 3.05. The number of nitrogens with one attached hydrogen (secondary N) is 1. The van der Waals surface area contributed by atoms with Crippen LogP contribution in [-0.4, -0.2) is 32.9 Å². The Kier molecular flexibility index (Phi) is 9.50. The molecule has 0 radical (unpaired) electrons. The zero-order valence-electron chi connectivity index (χ0n) is 21.6. The molecule has 0 aliphatic rings. The standard InChI is InChI=1S/C24H26N4O2S.C4H2Cl2N2/c1-3-4-16-28-23-21(25-14-15-26-23)22(24(28)27-17-19-8-6-5-7-9-19)31(29,30)20-12-10-18(2)11-13-20;5-3-4(6)8-2-1-7-3/h5-15,27H,3-4,16-17H2,1-2H3;1-2H. The number of hydrogen-bond donors (Lipinski definition) is 1. The molecule has 11 heteroatoms. The molecule has 0 amide bonds. The van der Waals surface area contributed by atoms with E-state index >= 15 is 0 Å². The number of benzene rings is 2. The molecule has 0 aliphatic carbocycles. The third-order valence-electron chi connectivity index (χ3n) is 5.89. The van der Waals surface area contributed by atoms with E-state index in [0.717, 1.165) is 24.0 Å². The number of rotatable bonds is 8. The Morgan fingerprint density at radius 3 is 2.08 bits per heavy atom. The Bertz CT molecular complexity index is 1620. The zero-order chi connectivity index (χ0) is 27.8. The van der Waals surface area contributed by atoms with Crippen LogP contribution < -0.4 is 5.32 Å². The molecule has 0 atom stereocenters. The number of anilines is 1. The molecule has 5 rings (SSSR count). The number of aryl methyl sites for hydroxylation is 2. The van der Waals surface area contributed by atoms with Gasteiger partial charge in [0.25, 0.3) is 0 Å². The first-order valence-corrected chi connectivity index (χ1v) is 14.6. The average molecular weight is 584 g/mol. The monoisotopic (exact) mass is 582 g/mol. The topological polar surface area (TPSA) is 103 Å². The van der Waals surface area contributed by atoms with Gasteiger partial charge in [-0.05, 0) is 31.0 Å². The number of halogens is 2. The molecule has 39 heavy (non-hydrogen) atoms. The molecular formula is C28H28Cl2N6O2S. The van der Waals surface area contributed by atoms with E-state index in [1.54, 1.807) is 24.5 Å². The van der Waals surface area contributed by atoms with E-state index in [2.05, 4.69) is 32.2 Å². The number of aromatic nitrogens is 5. The maximum absolute atomic E-state index is 13.8. The quantitative estimate of drug-likeness (QED) is 0.215. The van der Waals surface area contributed by atoms with Crippen LogP contribution in [0.5, 0.6) is 0 Å². The highest BCUT2D eigenvalue weighted by molar-refractivity contribution is 7.92. The van der Waals surface area contributed by atoms with Crippen molar-refractivity contribution in [3.05, 3.63) is 101 Å². The summed E-state index contributed by atoms with van der Waals surface area (Å²) in [6, 6.07) is 16.8. The second-order valence-electron chi connectivity index (χ2n) is 8.71. The summed E-state index contributed by atoms with van der Waals surface area (Å²) in [5, 5.41) is 3.88. The van der Waals surface area contributed by atoms with Crippen LogP contribution in [-0.2, 0) is 22.9 Å². The molecule has 1 N–H and O–H groups in total. The van der Waals surface area contributed by atoms with Crippen molar-refractivity contribution >= 4 is 50.0 Å². The van der Waals surface area contributed by atoms with Crippen molar-refractivity contribution in [1.82, 2.24) is 24.5 Å². The molecule has 0 saturated heterocycles. The summed E-state index contributed by atoms with van der Waals surface area (Å²) in [4.78, 5) is 16.7. The highest BCUT2D eigenvalue weighted by Crippen LogP contribution is 2.36. The minimum atomic E-state index is -3.81. The van der Waals surface area contributed by atoms with E-state index in [1.807, 2.05) is 54.0 Å². The second-order valence-corrected chi connectivity index (χ2v) is 11.3. The molecule has 0 aliphatic heterocycles. The first kappa shape index (κ1) is 28.5. The normalized spacial score (nSPS) is 11.2. The van der Waals surface area contributed by atoms with Crippen LogP contribution in [0, 0.1) is 6.92 Å². The first-order valence-electron chi connectivity index (χ1n) is 12.4. The van der Waals surface area contributed by atoms with Crippen molar-refractivity contribution in [3.63, 3.8) is 0 Å². The molecule has 0 fully saturated rings. The van der Waals surface area contributed by atoms with Gasteiger partial charge in [-0.1, -0.05) is 84.6 Å². The van der Waals surface area contributed by atoms with Crippen LogP contribution in [0.25, 0.3) is 11.2 Å². The molecule has 2 aromatic carbocycles. The Labute approximate surface area is 238 Å². The number of fused-ring (bicyclic) bond motifs is 1. The molecule has 0 saturated carbocycles. The van der Waals surface area contributed by atoms with Gasteiger partial charge in [0.1, 0.15) is 16.2 Å². The summed E-state index contributed by atoms with van der Waals surface area (Å²) in [5.74, 6) is 0.541. The maximum Gasteiger partial charge on any atom is 0.212 e. The summed E-state index contributed by atoms with van der Waals surface area (Å²) < 4.78 is 29.5. The van der Waals surface area contributed by atoms with Gasteiger partial charge >= 0.3 is 0 Å². The molecule has 0 unspecified atom stereocenters. The number of unbranched alkanes of at least 4 members (excludes halogenated alkanes) is 1. The highest BCUT2D eigenvalue weighted by atomic mass is 35.5. The first-order chi connectivity index (χ1) is 18.8. The fourth-order valence-electron chi connectivity index (χ4n) is 3.91. The lowest BCUT2D eigenvalue weighted by molar-refractivity contribution is 0.595.